The molecule has 6 heteroatoms. The molecule has 0 saturated heterocycles. The predicted octanol–water partition coefficient (Wildman–Crippen LogP) is 3.62. The van der Waals surface area contributed by atoms with E-state index in [-0.39, 0.29) is 5.02 Å². The first-order chi connectivity index (χ1) is 11.4. The van der Waals surface area contributed by atoms with Crippen molar-refractivity contribution in [3.63, 3.8) is 0 Å². The SMILES string of the molecule is Cc1ccc(C(=O)OCC(=O)Nc2ccc(C#N)c(Cl)c2)c(C)c1. The summed E-state index contributed by atoms with van der Waals surface area (Å²) in [6.45, 7) is 3.32. The van der Waals surface area contributed by atoms with Crippen LogP contribution in [-0.4, -0.2) is 18.5 Å². The summed E-state index contributed by atoms with van der Waals surface area (Å²) in [5.74, 6) is -1.05. The molecule has 0 aliphatic carbocycles. The van der Waals surface area contributed by atoms with E-state index in [4.69, 9.17) is 21.6 Å². The minimum Gasteiger partial charge on any atom is -0.452 e. The topological polar surface area (TPSA) is 79.2 Å². The minimum absolute atomic E-state index is 0.238. The Labute approximate surface area is 144 Å². The molecule has 2 aromatic rings. The summed E-state index contributed by atoms with van der Waals surface area (Å²) in [4.78, 5) is 23.9. The highest BCUT2D eigenvalue weighted by Crippen LogP contribution is 2.20. The summed E-state index contributed by atoms with van der Waals surface area (Å²) in [6, 6.07) is 11.8. The monoisotopic (exact) mass is 342 g/mol. The summed E-state index contributed by atoms with van der Waals surface area (Å²) in [7, 11) is 0. The van der Waals surface area contributed by atoms with Gasteiger partial charge in [0.2, 0.25) is 0 Å². The molecule has 2 rings (SSSR count). The maximum absolute atomic E-state index is 12.0. The highest BCUT2D eigenvalue weighted by molar-refractivity contribution is 6.32. The zero-order valence-corrected chi connectivity index (χ0v) is 14.0. The molecular formula is C18H15ClN2O3. The van der Waals surface area contributed by atoms with Crippen LogP contribution in [0.25, 0.3) is 0 Å². The van der Waals surface area contributed by atoms with Gasteiger partial charge in [0.05, 0.1) is 16.1 Å². The number of nitrogens with one attached hydrogen (secondary N) is 1. The Morgan fingerprint density at radius 2 is 1.96 bits per heavy atom. The van der Waals surface area contributed by atoms with Crippen LogP contribution < -0.4 is 5.32 Å². The van der Waals surface area contributed by atoms with Gasteiger partial charge in [-0.05, 0) is 43.7 Å². The van der Waals surface area contributed by atoms with Gasteiger partial charge in [-0.25, -0.2) is 4.79 Å². The maximum atomic E-state index is 12.0. The lowest BCUT2D eigenvalue weighted by Gasteiger charge is -2.09. The van der Waals surface area contributed by atoms with E-state index in [9.17, 15) is 9.59 Å². The summed E-state index contributed by atoms with van der Waals surface area (Å²) in [6.07, 6.45) is 0. The van der Waals surface area contributed by atoms with E-state index in [0.717, 1.165) is 11.1 Å². The lowest BCUT2D eigenvalue weighted by atomic mass is 10.1. The lowest BCUT2D eigenvalue weighted by Crippen LogP contribution is -2.21. The van der Waals surface area contributed by atoms with Gasteiger partial charge in [0.15, 0.2) is 6.61 Å². The highest BCUT2D eigenvalue weighted by atomic mass is 35.5. The van der Waals surface area contributed by atoms with Crippen molar-refractivity contribution < 1.29 is 14.3 Å². The molecule has 2 aromatic carbocycles. The average Bonchev–Trinajstić information content (AvgIpc) is 2.53. The molecule has 122 valence electrons. The van der Waals surface area contributed by atoms with Gasteiger partial charge >= 0.3 is 5.97 Å². The number of carbonyl (C=O) groups is 2. The van der Waals surface area contributed by atoms with Crippen LogP contribution in [0.4, 0.5) is 5.69 Å². The average molecular weight is 343 g/mol. The van der Waals surface area contributed by atoms with Gasteiger partial charge in [-0.2, -0.15) is 5.26 Å². The summed E-state index contributed by atoms with van der Waals surface area (Å²) in [5.41, 5.74) is 3.00. The van der Waals surface area contributed by atoms with Crippen molar-refractivity contribution >= 4 is 29.2 Å². The molecule has 0 heterocycles. The van der Waals surface area contributed by atoms with Crippen LogP contribution in [0.15, 0.2) is 36.4 Å². The third kappa shape index (κ3) is 4.34. The van der Waals surface area contributed by atoms with Crippen LogP contribution in [0.5, 0.6) is 0 Å². The summed E-state index contributed by atoms with van der Waals surface area (Å²) >= 11 is 5.89. The first-order valence-corrected chi connectivity index (χ1v) is 7.52. The molecule has 1 amide bonds. The number of anilines is 1. The molecule has 0 radical (unpaired) electrons. The number of halogens is 1. The number of nitrogens with zero attached hydrogens (tertiary/aromatic N) is 1. The van der Waals surface area contributed by atoms with Crippen LogP contribution >= 0.6 is 11.6 Å². The Hall–Kier alpha value is -2.84. The Morgan fingerprint density at radius 1 is 1.21 bits per heavy atom. The van der Waals surface area contributed by atoms with Crippen LogP contribution in [0.2, 0.25) is 5.02 Å². The van der Waals surface area contributed by atoms with Gasteiger partial charge in [-0.15, -0.1) is 0 Å². The number of nitriles is 1. The molecule has 1 N–H and O–H groups in total. The third-order valence-electron chi connectivity index (χ3n) is 3.31. The van der Waals surface area contributed by atoms with Crippen molar-refractivity contribution in [2.75, 3.05) is 11.9 Å². The zero-order valence-electron chi connectivity index (χ0n) is 13.2. The van der Waals surface area contributed by atoms with E-state index < -0.39 is 18.5 Å². The van der Waals surface area contributed by atoms with Crippen molar-refractivity contribution in [3.8, 4) is 6.07 Å². The van der Waals surface area contributed by atoms with Crippen LogP contribution in [-0.2, 0) is 9.53 Å². The molecule has 24 heavy (non-hydrogen) atoms. The molecule has 0 saturated carbocycles. The molecule has 0 aromatic heterocycles. The number of hydrogen-bond acceptors (Lipinski definition) is 4. The molecule has 0 atom stereocenters. The van der Waals surface area contributed by atoms with Crippen LogP contribution in [0, 0.1) is 25.2 Å². The number of amides is 1. The predicted molar refractivity (Wildman–Crippen MR) is 91.0 cm³/mol. The fourth-order valence-corrected chi connectivity index (χ4v) is 2.35. The van der Waals surface area contributed by atoms with Gasteiger partial charge < -0.3 is 10.1 Å². The Morgan fingerprint density at radius 3 is 2.58 bits per heavy atom. The van der Waals surface area contributed by atoms with Gasteiger partial charge in [0, 0.05) is 5.69 Å². The van der Waals surface area contributed by atoms with Crippen molar-refractivity contribution in [2.24, 2.45) is 0 Å². The van der Waals surface area contributed by atoms with E-state index in [0.29, 0.717) is 16.8 Å². The molecule has 5 nitrogen and oxygen atoms in total. The number of benzene rings is 2. The number of hydrogen-bond donors (Lipinski definition) is 1. The molecule has 0 bridgehead atoms. The van der Waals surface area contributed by atoms with Gasteiger partial charge in [-0.3, -0.25) is 4.79 Å². The van der Waals surface area contributed by atoms with Crippen molar-refractivity contribution in [1.82, 2.24) is 0 Å². The van der Waals surface area contributed by atoms with E-state index >= 15 is 0 Å². The molecular weight excluding hydrogens is 328 g/mol. The molecule has 0 spiro atoms. The molecule has 0 aliphatic rings. The fraction of sp³-hybridized carbons (Fsp3) is 0.167. The largest absolute Gasteiger partial charge is 0.452 e. The smallest absolute Gasteiger partial charge is 0.338 e. The van der Waals surface area contributed by atoms with Crippen molar-refractivity contribution in [2.45, 2.75) is 13.8 Å². The normalized spacial score (nSPS) is 9.92. The lowest BCUT2D eigenvalue weighted by molar-refractivity contribution is -0.119. The Kier molecular flexibility index (Phi) is 5.56. The van der Waals surface area contributed by atoms with E-state index in [1.807, 2.05) is 32.0 Å². The third-order valence-corrected chi connectivity index (χ3v) is 3.62. The second-order valence-electron chi connectivity index (χ2n) is 5.25. The second kappa shape index (κ2) is 7.62. The Bertz CT molecular complexity index is 841. The van der Waals surface area contributed by atoms with Crippen molar-refractivity contribution in [3.05, 3.63) is 63.7 Å². The van der Waals surface area contributed by atoms with E-state index in [1.54, 1.807) is 12.1 Å². The number of esters is 1. The van der Waals surface area contributed by atoms with E-state index in [1.165, 1.54) is 12.1 Å². The molecule has 0 unspecified atom stereocenters. The number of rotatable bonds is 4. The minimum atomic E-state index is -0.555. The van der Waals surface area contributed by atoms with Crippen LogP contribution in [0.1, 0.15) is 27.0 Å². The van der Waals surface area contributed by atoms with Crippen LogP contribution in [0.3, 0.4) is 0 Å². The molecule has 0 aliphatic heterocycles. The molecule has 0 fully saturated rings. The zero-order chi connectivity index (χ0) is 17.7. The van der Waals surface area contributed by atoms with Gasteiger partial charge in [0.1, 0.15) is 6.07 Å². The standard InChI is InChI=1S/C18H15ClN2O3/c1-11-3-6-15(12(2)7-11)18(23)24-10-17(22)21-14-5-4-13(9-20)16(19)8-14/h3-8H,10H2,1-2H3,(H,21,22). The number of ether oxygens (including phenoxy) is 1. The number of aryl methyl sites for hydroxylation is 2. The first kappa shape index (κ1) is 17.5. The Balaban J connectivity index is 1.94. The van der Waals surface area contributed by atoms with Crippen molar-refractivity contribution in [1.29, 1.82) is 5.26 Å². The summed E-state index contributed by atoms with van der Waals surface area (Å²) < 4.78 is 5.02. The quantitative estimate of drug-likeness (QED) is 0.860. The highest BCUT2D eigenvalue weighted by Gasteiger charge is 2.13. The number of carbonyl (C=O) groups excluding carboxylic acids is 2. The second-order valence-corrected chi connectivity index (χ2v) is 5.66. The first-order valence-electron chi connectivity index (χ1n) is 7.14. The van der Waals surface area contributed by atoms with Gasteiger partial charge in [0.25, 0.3) is 5.91 Å². The summed E-state index contributed by atoms with van der Waals surface area (Å²) in [5, 5.41) is 11.6. The maximum Gasteiger partial charge on any atom is 0.338 e. The fourth-order valence-electron chi connectivity index (χ4n) is 2.13. The van der Waals surface area contributed by atoms with Gasteiger partial charge in [-0.1, -0.05) is 29.3 Å². The van der Waals surface area contributed by atoms with E-state index in [2.05, 4.69) is 5.32 Å².